The molecule has 1 aromatic heterocycles. The van der Waals surface area contributed by atoms with Gasteiger partial charge in [-0.15, -0.1) is 0 Å². The Hall–Kier alpha value is -2.51. The number of rotatable bonds is 12. The summed E-state index contributed by atoms with van der Waals surface area (Å²) in [6.07, 6.45) is 11.9. The molecule has 4 fully saturated rings. The largest absolute Gasteiger partial charge is 0.304 e. The number of nitrogens with one attached hydrogen (secondary N) is 1. The summed E-state index contributed by atoms with van der Waals surface area (Å²) >= 11 is 0. The van der Waals surface area contributed by atoms with Gasteiger partial charge in [-0.3, -0.25) is 10.00 Å². The van der Waals surface area contributed by atoms with Crippen LogP contribution in [0.1, 0.15) is 74.0 Å². The maximum absolute atomic E-state index is 4.16. The van der Waals surface area contributed by atoms with Crippen molar-refractivity contribution in [2.75, 3.05) is 45.8 Å². The molecule has 4 unspecified atom stereocenters. The zero-order valence-electron chi connectivity index (χ0n) is 25.5. The molecule has 0 amide bonds. The van der Waals surface area contributed by atoms with Crippen LogP contribution in [0.25, 0.3) is 0 Å². The monoisotopic (exact) mass is 566 g/mol. The van der Waals surface area contributed by atoms with E-state index in [2.05, 4.69) is 97.6 Å². The molecule has 1 N–H and O–H groups in total. The van der Waals surface area contributed by atoms with Gasteiger partial charge in [0.2, 0.25) is 0 Å². The first-order chi connectivity index (χ1) is 20.7. The maximum Gasteiger partial charge on any atom is 0.0532 e. The first kappa shape index (κ1) is 28.3. The highest BCUT2D eigenvalue weighted by atomic mass is 15.7. The Morgan fingerprint density at radius 3 is 1.67 bits per heavy atom. The molecule has 2 saturated heterocycles. The number of H-pyrrole nitrogens is 1. The second-order valence-electron chi connectivity index (χ2n) is 13.6. The highest BCUT2D eigenvalue weighted by molar-refractivity contribution is 5.30. The van der Waals surface area contributed by atoms with Crippen molar-refractivity contribution in [3.05, 3.63) is 89.7 Å². The van der Waals surface area contributed by atoms with Crippen LogP contribution in [0.15, 0.2) is 73.1 Å². The molecule has 42 heavy (non-hydrogen) atoms. The van der Waals surface area contributed by atoms with E-state index >= 15 is 0 Å². The van der Waals surface area contributed by atoms with Gasteiger partial charge in [0.15, 0.2) is 0 Å². The highest BCUT2D eigenvalue weighted by Crippen LogP contribution is 2.51. The van der Waals surface area contributed by atoms with Crippen molar-refractivity contribution in [1.29, 1.82) is 0 Å². The van der Waals surface area contributed by atoms with Crippen molar-refractivity contribution in [1.82, 2.24) is 30.0 Å². The zero-order chi connectivity index (χ0) is 28.3. The summed E-state index contributed by atoms with van der Waals surface area (Å²) < 4.78 is 0. The van der Waals surface area contributed by atoms with Gasteiger partial charge in [-0.2, -0.15) is 5.10 Å². The van der Waals surface area contributed by atoms with E-state index in [1.54, 1.807) is 0 Å². The first-order valence-corrected chi connectivity index (χ1v) is 16.8. The Labute approximate surface area is 253 Å². The van der Waals surface area contributed by atoms with E-state index in [0.717, 1.165) is 18.4 Å². The normalized spacial score (nSPS) is 27.6. The lowest BCUT2D eigenvalue weighted by Gasteiger charge is -2.43. The zero-order valence-corrected chi connectivity index (χ0v) is 25.5. The van der Waals surface area contributed by atoms with Crippen LogP contribution >= 0.6 is 0 Å². The summed E-state index contributed by atoms with van der Waals surface area (Å²) in [5, 5.41) is 13.0. The van der Waals surface area contributed by atoms with E-state index in [-0.39, 0.29) is 0 Å². The van der Waals surface area contributed by atoms with Crippen molar-refractivity contribution in [3.8, 4) is 0 Å². The minimum absolute atomic E-state index is 0.643. The molecular formula is C36H50N6. The Morgan fingerprint density at radius 1 is 0.714 bits per heavy atom. The number of hydrogen-bond acceptors (Lipinski definition) is 5. The number of nitrogens with zero attached hydrogens (tertiary/aromatic N) is 5. The van der Waals surface area contributed by atoms with E-state index in [9.17, 15) is 0 Å². The van der Waals surface area contributed by atoms with E-state index < -0.39 is 0 Å². The molecule has 0 spiro atoms. The average Bonchev–Trinajstić information content (AvgIpc) is 3.97. The van der Waals surface area contributed by atoms with Gasteiger partial charge in [0.25, 0.3) is 0 Å². The van der Waals surface area contributed by atoms with Crippen LogP contribution in [-0.2, 0) is 6.54 Å². The lowest BCUT2D eigenvalue weighted by Crippen LogP contribution is -2.52. The summed E-state index contributed by atoms with van der Waals surface area (Å²) in [6, 6.07) is 24.0. The van der Waals surface area contributed by atoms with Crippen molar-refractivity contribution < 1.29 is 0 Å². The smallest absolute Gasteiger partial charge is 0.0532 e. The number of hydrogen-bond donors (Lipinski definition) is 1. The second kappa shape index (κ2) is 13.0. The molecule has 0 radical (unpaired) electrons. The average molecular weight is 567 g/mol. The van der Waals surface area contributed by atoms with Gasteiger partial charge < -0.3 is 4.90 Å². The molecule has 6 nitrogen and oxygen atoms in total. The third-order valence-electron chi connectivity index (χ3n) is 10.8. The predicted molar refractivity (Wildman–Crippen MR) is 170 cm³/mol. The molecule has 3 heterocycles. The van der Waals surface area contributed by atoms with Crippen molar-refractivity contribution in [3.63, 3.8) is 0 Å². The van der Waals surface area contributed by atoms with Crippen LogP contribution in [0.2, 0.25) is 0 Å². The van der Waals surface area contributed by atoms with Crippen LogP contribution in [0, 0.1) is 11.8 Å². The summed E-state index contributed by atoms with van der Waals surface area (Å²) in [7, 11) is 0. The van der Waals surface area contributed by atoms with Gasteiger partial charge >= 0.3 is 0 Å². The number of aromatic amines is 1. The van der Waals surface area contributed by atoms with E-state index in [0.29, 0.717) is 23.9 Å². The molecule has 0 bridgehead atoms. The van der Waals surface area contributed by atoms with Gasteiger partial charge in [-0.1, -0.05) is 67.6 Å². The van der Waals surface area contributed by atoms with Crippen LogP contribution in [0.4, 0.5) is 0 Å². The summed E-state index contributed by atoms with van der Waals surface area (Å²) in [6.45, 7) is 11.9. The fourth-order valence-electron chi connectivity index (χ4n) is 7.96. The van der Waals surface area contributed by atoms with Crippen LogP contribution < -0.4 is 0 Å². The van der Waals surface area contributed by atoms with E-state index in [1.165, 1.54) is 101 Å². The number of benzene rings is 2. The maximum atomic E-state index is 4.16. The first-order valence-electron chi connectivity index (χ1n) is 16.8. The van der Waals surface area contributed by atoms with Gasteiger partial charge in [0.05, 0.1) is 6.20 Å². The molecule has 3 aromatic rings. The van der Waals surface area contributed by atoms with Gasteiger partial charge in [-0.05, 0) is 94.2 Å². The third-order valence-corrected chi connectivity index (χ3v) is 10.8. The molecule has 2 aliphatic heterocycles. The summed E-state index contributed by atoms with van der Waals surface area (Å²) in [4.78, 5) is 5.27. The summed E-state index contributed by atoms with van der Waals surface area (Å²) in [5.74, 6) is 2.92. The molecule has 2 aromatic carbocycles. The topological polar surface area (TPSA) is 41.6 Å². The van der Waals surface area contributed by atoms with Crippen molar-refractivity contribution in [2.45, 2.75) is 75.9 Å². The Kier molecular flexibility index (Phi) is 8.76. The summed E-state index contributed by atoms with van der Waals surface area (Å²) in [5.41, 5.74) is 4.38. The molecule has 2 saturated carbocycles. The lowest BCUT2D eigenvalue weighted by molar-refractivity contribution is -0.0750. The number of piperidine rings is 2. The van der Waals surface area contributed by atoms with E-state index in [4.69, 9.17) is 0 Å². The van der Waals surface area contributed by atoms with Crippen LogP contribution in [0.5, 0.6) is 0 Å². The molecule has 4 aliphatic rings. The highest BCUT2D eigenvalue weighted by Gasteiger charge is 2.52. The van der Waals surface area contributed by atoms with Crippen LogP contribution in [0.3, 0.4) is 0 Å². The second-order valence-corrected chi connectivity index (χ2v) is 13.6. The minimum Gasteiger partial charge on any atom is -0.304 e. The van der Waals surface area contributed by atoms with Gasteiger partial charge in [0.1, 0.15) is 0 Å². The minimum atomic E-state index is 0.643. The number of likely N-dealkylation sites (tertiary alicyclic amines) is 2. The quantitative estimate of drug-likeness (QED) is 0.273. The molecule has 7 rings (SSSR count). The predicted octanol–water partition coefficient (Wildman–Crippen LogP) is 5.98. The molecule has 6 heteroatoms. The third kappa shape index (κ3) is 6.67. The number of hydrazine groups is 1. The molecule has 224 valence electrons. The fraction of sp³-hybridized carbons (Fsp3) is 0.583. The lowest BCUT2D eigenvalue weighted by atomic mass is 9.95. The standard InChI is InChI=1S/C36H50N6/c1-2-39-17-13-28(14-18-39)26-41(35-21-33(35)31-9-5-3-6-10-31)42(36-22-34(36)32-11-7-4-8-12-32)27-29-15-19-40(20-16-29)25-30-23-37-38-24-30/h3-12,23-24,28-29,33-36H,2,13-22,25-27H2,1H3,(H,37,38). The Balaban J connectivity index is 1.09. The van der Waals surface area contributed by atoms with Crippen molar-refractivity contribution in [2.24, 2.45) is 11.8 Å². The van der Waals surface area contributed by atoms with E-state index in [1.807, 2.05) is 12.4 Å². The Morgan fingerprint density at radius 2 is 1.21 bits per heavy atom. The fourth-order valence-corrected chi connectivity index (χ4v) is 7.96. The molecule has 2 aliphatic carbocycles. The van der Waals surface area contributed by atoms with Crippen molar-refractivity contribution >= 4 is 0 Å². The molecule has 4 atom stereocenters. The van der Waals surface area contributed by atoms with Gasteiger partial charge in [-0.25, -0.2) is 10.0 Å². The Bertz CT molecular complexity index is 1220. The van der Waals surface area contributed by atoms with Crippen LogP contribution in [-0.4, -0.2) is 87.9 Å². The van der Waals surface area contributed by atoms with Gasteiger partial charge in [0, 0.05) is 55.3 Å². The number of aromatic nitrogens is 2. The molecular weight excluding hydrogens is 516 g/mol. The SMILES string of the molecule is CCN1CCC(CN(C2CC2c2ccccc2)N(CC2CCN(Cc3cn[nH]c3)CC2)C2CC2c2ccccc2)CC1.